The van der Waals surface area contributed by atoms with Gasteiger partial charge in [0, 0.05) is 38.4 Å². The Bertz CT molecular complexity index is 830. The van der Waals surface area contributed by atoms with Crippen molar-refractivity contribution in [1.82, 2.24) is 0 Å². The third-order valence-corrected chi connectivity index (χ3v) is 4.57. The van der Waals surface area contributed by atoms with Crippen LogP contribution < -0.4 is 15.1 Å². The van der Waals surface area contributed by atoms with Crippen LogP contribution in [0, 0.1) is 0 Å². The van der Waals surface area contributed by atoms with E-state index in [4.69, 9.17) is 4.74 Å². The second-order valence-corrected chi connectivity index (χ2v) is 6.72. The van der Waals surface area contributed by atoms with E-state index in [-0.39, 0.29) is 5.69 Å². The van der Waals surface area contributed by atoms with E-state index in [0.29, 0.717) is 37.6 Å². The SMILES string of the molecule is CN(C)c1ccc(C(=O)Nc2cc(C(F)(F)F)ccc2N2CCOCC2)cc1. The summed E-state index contributed by atoms with van der Waals surface area (Å²) < 4.78 is 44.8. The molecular weight excluding hydrogens is 371 g/mol. The lowest BCUT2D eigenvalue weighted by molar-refractivity contribution is -0.137. The molecule has 0 aliphatic carbocycles. The van der Waals surface area contributed by atoms with Gasteiger partial charge in [-0.1, -0.05) is 0 Å². The van der Waals surface area contributed by atoms with Gasteiger partial charge < -0.3 is 19.9 Å². The van der Waals surface area contributed by atoms with Crippen LogP contribution in [0.5, 0.6) is 0 Å². The van der Waals surface area contributed by atoms with Crippen LogP contribution in [0.15, 0.2) is 42.5 Å². The fourth-order valence-electron chi connectivity index (χ4n) is 3.00. The van der Waals surface area contributed by atoms with Crippen molar-refractivity contribution in [3.8, 4) is 0 Å². The lowest BCUT2D eigenvalue weighted by Gasteiger charge is -2.31. The van der Waals surface area contributed by atoms with Gasteiger partial charge in [0.05, 0.1) is 30.2 Å². The normalized spacial score (nSPS) is 14.7. The first-order valence-electron chi connectivity index (χ1n) is 8.88. The molecule has 2 aromatic rings. The smallest absolute Gasteiger partial charge is 0.378 e. The summed E-state index contributed by atoms with van der Waals surface area (Å²) in [6.07, 6.45) is -4.49. The van der Waals surface area contributed by atoms with Crippen LogP contribution >= 0.6 is 0 Å². The number of morpholine rings is 1. The number of carbonyl (C=O) groups excluding carboxylic acids is 1. The van der Waals surface area contributed by atoms with Crippen LogP contribution in [0.25, 0.3) is 0 Å². The largest absolute Gasteiger partial charge is 0.416 e. The first kappa shape index (κ1) is 20.0. The summed E-state index contributed by atoms with van der Waals surface area (Å²) in [4.78, 5) is 16.4. The predicted molar refractivity (Wildman–Crippen MR) is 103 cm³/mol. The summed E-state index contributed by atoms with van der Waals surface area (Å²) in [7, 11) is 3.76. The van der Waals surface area contributed by atoms with Gasteiger partial charge in [0.15, 0.2) is 0 Å². The minimum atomic E-state index is -4.49. The molecule has 0 unspecified atom stereocenters. The van der Waals surface area contributed by atoms with Crippen LogP contribution in [0.4, 0.5) is 30.2 Å². The zero-order chi connectivity index (χ0) is 20.3. The van der Waals surface area contributed by atoms with E-state index in [1.165, 1.54) is 6.07 Å². The van der Waals surface area contributed by atoms with Crippen LogP contribution in [0.2, 0.25) is 0 Å². The summed E-state index contributed by atoms with van der Waals surface area (Å²) in [6.45, 7) is 2.07. The number of amides is 1. The number of halogens is 3. The predicted octanol–water partition coefficient (Wildman–Crippen LogP) is 3.86. The maximum Gasteiger partial charge on any atom is 0.416 e. The van der Waals surface area contributed by atoms with Gasteiger partial charge in [-0.15, -0.1) is 0 Å². The number of hydrogen-bond donors (Lipinski definition) is 1. The Morgan fingerprint density at radius 2 is 1.71 bits per heavy atom. The Hall–Kier alpha value is -2.74. The monoisotopic (exact) mass is 393 g/mol. The van der Waals surface area contributed by atoms with Gasteiger partial charge in [-0.2, -0.15) is 13.2 Å². The van der Waals surface area contributed by atoms with Crippen LogP contribution in [-0.2, 0) is 10.9 Å². The number of alkyl halides is 3. The number of benzene rings is 2. The quantitative estimate of drug-likeness (QED) is 0.857. The second kappa shape index (κ2) is 8.10. The minimum absolute atomic E-state index is 0.137. The summed E-state index contributed by atoms with van der Waals surface area (Å²) in [5.41, 5.74) is 1.18. The molecule has 1 saturated heterocycles. The zero-order valence-corrected chi connectivity index (χ0v) is 15.7. The third kappa shape index (κ3) is 4.56. The van der Waals surface area contributed by atoms with Gasteiger partial charge >= 0.3 is 6.18 Å². The van der Waals surface area contributed by atoms with Crippen molar-refractivity contribution in [2.45, 2.75) is 6.18 Å². The molecule has 8 heteroatoms. The van der Waals surface area contributed by atoms with Crippen molar-refractivity contribution < 1.29 is 22.7 Å². The number of nitrogens with zero attached hydrogens (tertiary/aromatic N) is 2. The minimum Gasteiger partial charge on any atom is -0.378 e. The van der Waals surface area contributed by atoms with Gasteiger partial charge in [-0.25, -0.2) is 0 Å². The Kier molecular flexibility index (Phi) is 5.79. The van der Waals surface area contributed by atoms with Gasteiger partial charge in [-0.3, -0.25) is 4.79 Å². The van der Waals surface area contributed by atoms with E-state index in [9.17, 15) is 18.0 Å². The molecule has 0 spiro atoms. The molecule has 0 atom stereocenters. The van der Waals surface area contributed by atoms with Crippen molar-refractivity contribution in [1.29, 1.82) is 0 Å². The summed E-state index contributed by atoms with van der Waals surface area (Å²) in [5, 5.41) is 2.65. The Labute approximate surface area is 161 Å². The highest BCUT2D eigenvalue weighted by atomic mass is 19.4. The number of nitrogens with one attached hydrogen (secondary N) is 1. The number of hydrogen-bond acceptors (Lipinski definition) is 4. The highest BCUT2D eigenvalue weighted by Gasteiger charge is 2.32. The third-order valence-electron chi connectivity index (χ3n) is 4.57. The Morgan fingerprint density at radius 1 is 1.07 bits per heavy atom. The number of rotatable bonds is 4. The molecule has 1 fully saturated rings. The van der Waals surface area contributed by atoms with E-state index < -0.39 is 17.6 Å². The Balaban J connectivity index is 1.90. The van der Waals surface area contributed by atoms with Crippen molar-refractivity contribution in [3.05, 3.63) is 53.6 Å². The fourth-order valence-corrected chi connectivity index (χ4v) is 3.00. The van der Waals surface area contributed by atoms with Crippen molar-refractivity contribution in [2.75, 3.05) is 55.5 Å². The molecule has 0 saturated carbocycles. The lowest BCUT2D eigenvalue weighted by atomic mass is 10.1. The molecule has 0 radical (unpaired) electrons. The average molecular weight is 393 g/mol. The molecule has 1 aliphatic rings. The maximum atomic E-state index is 13.2. The highest BCUT2D eigenvalue weighted by molar-refractivity contribution is 6.06. The van der Waals surface area contributed by atoms with Crippen molar-refractivity contribution in [3.63, 3.8) is 0 Å². The molecular formula is C20H22F3N3O2. The molecule has 2 aromatic carbocycles. The summed E-state index contributed by atoms with van der Waals surface area (Å²) >= 11 is 0. The highest BCUT2D eigenvalue weighted by Crippen LogP contribution is 2.36. The first-order valence-corrected chi connectivity index (χ1v) is 8.88. The molecule has 5 nitrogen and oxygen atoms in total. The van der Waals surface area contributed by atoms with E-state index in [1.54, 1.807) is 24.3 Å². The van der Waals surface area contributed by atoms with Gasteiger partial charge in [0.2, 0.25) is 0 Å². The number of ether oxygens (including phenoxy) is 1. The molecule has 150 valence electrons. The standard InChI is InChI=1S/C20H22F3N3O2/c1-25(2)16-6-3-14(4-7-16)19(27)24-17-13-15(20(21,22)23)5-8-18(17)26-9-11-28-12-10-26/h3-8,13H,9-12H2,1-2H3,(H,24,27). The van der Waals surface area contributed by atoms with Crippen LogP contribution in [-0.4, -0.2) is 46.3 Å². The average Bonchev–Trinajstić information content (AvgIpc) is 2.68. The van der Waals surface area contributed by atoms with Gasteiger partial charge in [-0.05, 0) is 42.5 Å². The molecule has 0 aromatic heterocycles. The maximum absolute atomic E-state index is 13.2. The van der Waals surface area contributed by atoms with E-state index >= 15 is 0 Å². The first-order chi connectivity index (χ1) is 13.3. The van der Waals surface area contributed by atoms with Crippen LogP contribution in [0.1, 0.15) is 15.9 Å². The number of carbonyl (C=O) groups is 1. The molecule has 3 rings (SSSR count). The summed E-state index contributed by atoms with van der Waals surface area (Å²) in [6, 6.07) is 10.3. The molecule has 1 aliphatic heterocycles. The van der Waals surface area contributed by atoms with E-state index in [0.717, 1.165) is 17.8 Å². The zero-order valence-electron chi connectivity index (χ0n) is 15.7. The van der Waals surface area contributed by atoms with Gasteiger partial charge in [0.25, 0.3) is 5.91 Å². The fraction of sp³-hybridized carbons (Fsp3) is 0.350. The summed E-state index contributed by atoms with van der Waals surface area (Å²) in [5.74, 6) is -0.459. The molecule has 1 heterocycles. The van der Waals surface area contributed by atoms with Crippen LogP contribution in [0.3, 0.4) is 0 Å². The molecule has 28 heavy (non-hydrogen) atoms. The van der Waals surface area contributed by atoms with Crippen molar-refractivity contribution >= 4 is 23.0 Å². The number of anilines is 3. The van der Waals surface area contributed by atoms with Crippen molar-refractivity contribution in [2.24, 2.45) is 0 Å². The van der Waals surface area contributed by atoms with E-state index in [2.05, 4.69) is 5.32 Å². The Morgan fingerprint density at radius 3 is 2.29 bits per heavy atom. The lowest BCUT2D eigenvalue weighted by Crippen LogP contribution is -2.36. The molecule has 1 N–H and O–H groups in total. The molecule has 0 bridgehead atoms. The van der Waals surface area contributed by atoms with Gasteiger partial charge in [0.1, 0.15) is 0 Å². The topological polar surface area (TPSA) is 44.8 Å². The molecule has 1 amide bonds. The van der Waals surface area contributed by atoms with E-state index in [1.807, 2.05) is 23.9 Å². The second-order valence-electron chi connectivity index (χ2n) is 6.72.